The zero-order chi connectivity index (χ0) is 15.0. The van der Waals surface area contributed by atoms with Crippen molar-refractivity contribution in [1.82, 2.24) is 10.1 Å². The average molecular weight is 299 g/mol. The van der Waals surface area contributed by atoms with Crippen LogP contribution in [0.1, 0.15) is 37.0 Å². The van der Waals surface area contributed by atoms with Crippen LogP contribution in [0.2, 0.25) is 0 Å². The van der Waals surface area contributed by atoms with Gasteiger partial charge in [0.25, 0.3) is 0 Å². The molecular formula is C16H17N3OS. The number of aromatic nitrogens is 2. The lowest BCUT2D eigenvalue weighted by atomic mass is 10.1. The van der Waals surface area contributed by atoms with E-state index in [1.54, 1.807) is 11.8 Å². The highest BCUT2D eigenvalue weighted by Gasteiger charge is 2.62. The summed E-state index contributed by atoms with van der Waals surface area (Å²) in [6.07, 6.45) is 0. The number of hydrogen-bond acceptors (Lipinski definition) is 5. The fourth-order valence-electron chi connectivity index (χ4n) is 2.65. The Labute approximate surface area is 128 Å². The summed E-state index contributed by atoms with van der Waals surface area (Å²) in [5.74, 6) is 2.03. The van der Waals surface area contributed by atoms with Crippen LogP contribution in [0.4, 0.5) is 0 Å². The molecule has 0 aliphatic heterocycles. The van der Waals surface area contributed by atoms with Gasteiger partial charge in [-0.1, -0.05) is 37.2 Å². The van der Waals surface area contributed by atoms with Gasteiger partial charge in [-0.05, 0) is 24.0 Å². The van der Waals surface area contributed by atoms with Crippen LogP contribution >= 0.6 is 11.8 Å². The summed E-state index contributed by atoms with van der Waals surface area (Å²) in [6, 6.07) is 10.6. The Morgan fingerprint density at radius 3 is 2.81 bits per heavy atom. The highest BCUT2D eigenvalue weighted by atomic mass is 32.2. The minimum atomic E-state index is -0.0539. The second-order valence-corrected chi connectivity index (χ2v) is 7.03. The molecule has 4 nitrogen and oxygen atoms in total. The highest BCUT2D eigenvalue weighted by molar-refractivity contribution is 7.98. The fraction of sp³-hybridized carbons (Fsp3) is 0.438. The molecule has 2 atom stereocenters. The van der Waals surface area contributed by atoms with E-state index in [0.717, 1.165) is 0 Å². The first-order chi connectivity index (χ1) is 10.0. The number of aryl methyl sites for hydroxylation is 1. The molecule has 0 radical (unpaired) electrons. The smallest absolute Gasteiger partial charge is 0.231 e. The standard InChI is InChI=1S/C16H17N3OS/c1-10-6-4-5-7-12(10)21-9-13-18-15(20-19-13)14-11(8-17)16(14,2)3/h4-7,11,14H,9H2,1-3H3. The summed E-state index contributed by atoms with van der Waals surface area (Å²) in [7, 11) is 0. The number of nitriles is 1. The Bertz CT molecular complexity index is 702. The van der Waals surface area contributed by atoms with E-state index in [-0.39, 0.29) is 17.3 Å². The Kier molecular flexibility index (Phi) is 3.50. The molecule has 1 saturated carbocycles. The lowest BCUT2D eigenvalue weighted by molar-refractivity contribution is 0.364. The Balaban J connectivity index is 1.67. The molecular weight excluding hydrogens is 282 g/mol. The lowest BCUT2D eigenvalue weighted by Crippen LogP contribution is -1.91. The van der Waals surface area contributed by atoms with Gasteiger partial charge in [-0.2, -0.15) is 10.2 Å². The van der Waals surface area contributed by atoms with Gasteiger partial charge >= 0.3 is 0 Å². The first kappa shape index (κ1) is 14.2. The van der Waals surface area contributed by atoms with Gasteiger partial charge in [0.2, 0.25) is 5.89 Å². The summed E-state index contributed by atoms with van der Waals surface area (Å²) >= 11 is 1.70. The van der Waals surface area contributed by atoms with Crippen molar-refractivity contribution in [3.63, 3.8) is 0 Å². The van der Waals surface area contributed by atoms with Crippen molar-refractivity contribution in [2.24, 2.45) is 11.3 Å². The van der Waals surface area contributed by atoms with Gasteiger partial charge < -0.3 is 4.52 Å². The molecule has 1 aliphatic carbocycles. The zero-order valence-electron chi connectivity index (χ0n) is 12.3. The molecule has 1 aliphatic rings. The average Bonchev–Trinajstić information content (AvgIpc) is 2.82. The molecule has 0 bridgehead atoms. The van der Waals surface area contributed by atoms with Crippen molar-refractivity contribution in [3.8, 4) is 6.07 Å². The molecule has 21 heavy (non-hydrogen) atoms. The molecule has 2 aromatic rings. The SMILES string of the molecule is Cc1ccccc1SCc1noc(C2C(C#N)C2(C)C)n1. The van der Waals surface area contributed by atoms with Gasteiger partial charge in [0.15, 0.2) is 5.82 Å². The van der Waals surface area contributed by atoms with Crippen molar-refractivity contribution in [3.05, 3.63) is 41.5 Å². The van der Waals surface area contributed by atoms with Crippen LogP contribution in [0.3, 0.4) is 0 Å². The van der Waals surface area contributed by atoms with Crippen molar-refractivity contribution in [2.75, 3.05) is 0 Å². The number of hydrogen-bond donors (Lipinski definition) is 0. The molecule has 108 valence electrons. The minimum Gasteiger partial charge on any atom is -0.339 e. The molecule has 0 spiro atoms. The summed E-state index contributed by atoms with van der Waals surface area (Å²) in [6.45, 7) is 6.23. The molecule has 0 amide bonds. The quantitative estimate of drug-likeness (QED) is 0.800. The van der Waals surface area contributed by atoms with E-state index in [9.17, 15) is 0 Å². The maximum absolute atomic E-state index is 9.12. The second-order valence-electron chi connectivity index (χ2n) is 6.01. The third-order valence-corrected chi connectivity index (χ3v) is 5.34. The monoisotopic (exact) mass is 299 g/mol. The van der Waals surface area contributed by atoms with Crippen LogP contribution < -0.4 is 0 Å². The molecule has 1 heterocycles. The third-order valence-electron chi connectivity index (χ3n) is 4.17. The summed E-state index contributed by atoms with van der Waals surface area (Å²) in [5.41, 5.74) is 1.20. The van der Waals surface area contributed by atoms with E-state index in [1.807, 2.05) is 12.1 Å². The van der Waals surface area contributed by atoms with E-state index < -0.39 is 0 Å². The predicted molar refractivity (Wildman–Crippen MR) is 80.7 cm³/mol. The molecule has 1 fully saturated rings. The summed E-state index contributed by atoms with van der Waals surface area (Å²) < 4.78 is 5.35. The normalized spacial score (nSPS) is 22.8. The van der Waals surface area contributed by atoms with Crippen molar-refractivity contribution in [2.45, 2.75) is 37.3 Å². The van der Waals surface area contributed by atoms with E-state index >= 15 is 0 Å². The van der Waals surface area contributed by atoms with Crippen molar-refractivity contribution in [1.29, 1.82) is 5.26 Å². The minimum absolute atomic E-state index is 0.0187. The predicted octanol–water partition coefficient (Wildman–Crippen LogP) is 3.93. The van der Waals surface area contributed by atoms with Crippen molar-refractivity contribution < 1.29 is 4.52 Å². The highest BCUT2D eigenvalue weighted by Crippen LogP contribution is 2.63. The maximum Gasteiger partial charge on any atom is 0.231 e. The van der Waals surface area contributed by atoms with Crippen LogP contribution in [0.25, 0.3) is 0 Å². The second kappa shape index (κ2) is 5.19. The van der Waals surface area contributed by atoms with Gasteiger partial charge in [0, 0.05) is 4.90 Å². The first-order valence-electron chi connectivity index (χ1n) is 6.94. The molecule has 1 aromatic heterocycles. The van der Waals surface area contributed by atoms with E-state index in [4.69, 9.17) is 9.78 Å². The Hall–Kier alpha value is -1.80. The number of thioether (sulfide) groups is 1. The van der Waals surface area contributed by atoms with Crippen molar-refractivity contribution >= 4 is 11.8 Å². The van der Waals surface area contributed by atoms with Crippen LogP contribution in [0.5, 0.6) is 0 Å². The topological polar surface area (TPSA) is 62.7 Å². The van der Waals surface area contributed by atoms with E-state index in [1.165, 1.54) is 10.5 Å². The number of rotatable bonds is 4. The fourth-order valence-corrected chi connectivity index (χ4v) is 3.53. The molecule has 1 aromatic carbocycles. The summed E-state index contributed by atoms with van der Waals surface area (Å²) in [4.78, 5) is 5.69. The molecule has 5 heteroatoms. The van der Waals surface area contributed by atoms with E-state index in [0.29, 0.717) is 17.5 Å². The van der Waals surface area contributed by atoms with Crippen LogP contribution in [-0.2, 0) is 5.75 Å². The van der Waals surface area contributed by atoms with Crippen LogP contribution in [0.15, 0.2) is 33.7 Å². The lowest BCUT2D eigenvalue weighted by Gasteiger charge is -2.01. The molecule has 0 saturated heterocycles. The summed E-state index contributed by atoms with van der Waals surface area (Å²) in [5, 5.41) is 13.2. The van der Waals surface area contributed by atoms with Gasteiger partial charge in [-0.15, -0.1) is 11.8 Å². The molecule has 0 N–H and O–H groups in total. The van der Waals surface area contributed by atoms with Crippen LogP contribution in [0, 0.1) is 29.6 Å². The Morgan fingerprint density at radius 1 is 1.38 bits per heavy atom. The van der Waals surface area contributed by atoms with Crippen LogP contribution in [-0.4, -0.2) is 10.1 Å². The van der Waals surface area contributed by atoms with E-state index in [2.05, 4.69) is 49.1 Å². The first-order valence-corrected chi connectivity index (χ1v) is 7.93. The molecule has 3 rings (SSSR count). The number of benzene rings is 1. The number of nitrogens with zero attached hydrogens (tertiary/aromatic N) is 3. The third kappa shape index (κ3) is 2.56. The van der Waals surface area contributed by atoms with Gasteiger partial charge in [0.1, 0.15) is 0 Å². The van der Waals surface area contributed by atoms with Gasteiger partial charge in [0.05, 0.1) is 23.7 Å². The Morgan fingerprint density at radius 2 is 2.14 bits per heavy atom. The van der Waals surface area contributed by atoms with Gasteiger partial charge in [-0.25, -0.2) is 0 Å². The largest absolute Gasteiger partial charge is 0.339 e. The molecule has 2 unspecified atom stereocenters. The maximum atomic E-state index is 9.12. The zero-order valence-corrected chi connectivity index (χ0v) is 13.1. The van der Waals surface area contributed by atoms with Gasteiger partial charge in [-0.3, -0.25) is 0 Å².